The largest absolute Gasteiger partial charge is 0.416 e. The number of alkyl halides is 3. The molecule has 0 aliphatic rings. The van der Waals surface area contributed by atoms with Crippen molar-refractivity contribution in [3.8, 4) is 0 Å². The number of hydrogen-bond acceptors (Lipinski definition) is 1. The van der Waals surface area contributed by atoms with Crippen LogP contribution < -0.4 is 5.73 Å². The summed E-state index contributed by atoms with van der Waals surface area (Å²) in [7, 11) is 0. The van der Waals surface area contributed by atoms with Gasteiger partial charge in [-0.25, -0.2) is 4.39 Å². The lowest BCUT2D eigenvalue weighted by atomic mass is 9.99. The quantitative estimate of drug-likeness (QED) is 0.638. The molecule has 0 fully saturated rings. The first-order chi connectivity index (χ1) is 7.70. The van der Waals surface area contributed by atoms with E-state index in [1.165, 1.54) is 0 Å². The van der Waals surface area contributed by atoms with Crippen LogP contribution in [0.1, 0.15) is 30.5 Å². The van der Waals surface area contributed by atoms with Crippen LogP contribution in [-0.2, 0) is 6.18 Å². The molecule has 0 aliphatic carbocycles. The van der Waals surface area contributed by atoms with Crippen molar-refractivity contribution >= 4 is 0 Å². The van der Waals surface area contributed by atoms with Crippen LogP contribution in [0.2, 0.25) is 0 Å². The summed E-state index contributed by atoms with van der Waals surface area (Å²) in [6.45, 7) is 5.33. The Morgan fingerprint density at radius 3 is 2.41 bits per heavy atom. The van der Waals surface area contributed by atoms with Crippen LogP contribution in [0.5, 0.6) is 0 Å². The third kappa shape index (κ3) is 3.85. The van der Waals surface area contributed by atoms with Gasteiger partial charge in [-0.1, -0.05) is 5.57 Å². The molecule has 17 heavy (non-hydrogen) atoms. The molecule has 0 heterocycles. The van der Waals surface area contributed by atoms with Crippen molar-refractivity contribution < 1.29 is 17.6 Å². The van der Waals surface area contributed by atoms with Gasteiger partial charge in [-0.15, -0.1) is 6.58 Å². The molecule has 1 nitrogen and oxygen atoms in total. The lowest BCUT2D eigenvalue weighted by Gasteiger charge is -2.15. The lowest BCUT2D eigenvalue weighted by molar-refractivity contribution is -0.137. The molecule has 94 valence electrons. The van der Waals surface area contributed by atoms with Crippen LogP contribution in [0.15, 0.2) is 30.4 Å². The maximum Gasteiger partial charge on any atom is 0.416 e. The van der Waals surface area contributed by atoms with Crippen LogP contribution in [0, 0.1) is 5.82 Å². The van der Waals surface area contributed by atoms with E-state index in [-0.39, 0.29) is 5.56 Å². The van der Waals surface area contributed by atoms with E-state index in [1.54, 1.807) is 6.92 Å². The maximum absolute atomic E-state index is 13.1. The summed E-state index contributed by atoms with van der Waals surface area (Å²) in [5.74, 6) is -0.938. The van der Waals surface area contributed by atoms with Crippen LogP contribution >= 0.6 is 0 Å². The molecule has 0 spiro atoms. The van der Waals surface area contributed by atoms with Gasteiger partial charge in [0, 0.05) is 6.04 Å². The first-order valence-electron chi connectivity index (χ1n) is 4.98. The van der Waals surface area contributed by atoms with Crippen molar-refractivity contribution in [2.75, 3.05) is 0 Å². The smallest absolute Gasteiger partial charge is 0.324 e. The number of rotatable bonds is 3. The van der Waals surface area contributed by atoms with Gasteiger partial charge in [-0.05, 0) is 37.1 Å². The zero-order valence-corrected chi connectivity index (χ0v) is 9.31. The van der Waals surface area contributed by atoms with E-state index in [0.717, 1.165) is 17.7 Å². The maximum atomic E-state index is 13.1. The highest BCUT2D eigenvalue weighted by Gasteiger charge is 2.31. The number of nitrogens with two attached hydrogens (primary N) is 1. The number of hydrogen-bond donors (Lipinski definition) is 1. The highest BCUT2D eigenvalue weighted by molar-refractivity contribution is 5.29. The molecule has 0 radical (unpaired) electrons. The molecule has 0 unspecified atom stereocenters. The van der Waals surface area contributed by atoms with Gasteiger partial charge in [0.05, 0.1) is 5.56 Å². The minimum absolute atomic E-state index is 0.125. The SMILES string of the molecule is C=C(C)C[C@H](N)c1cc(F)cc(C(F)(F)F)c1. The van der Waals surface area contributed by atoms with Gasteiger partial charge in [-0.2, -0.15) is 13.2 Å². The van der Waals surface area contributed by atoms with Gasteiger partial charge in [-0.3, -0.25) is 0 Å². The van der Waals surface area contributed by atoms with Crippen molar-refractivity contribution in [2.45, 2.75) is 25.6 Å². The fourth-order valence-corrected chi connectivity index (χ4v) is 1.48. The summed E-state index contributed by atoms with van der Waals surface area (Å²) >= 11 is 0. The van der Waals surface area contributed by atoms with Crippen molar-refractivity contribution in [3.05, 3.63) is 47.3 Å². The molecule has 0 amide bonds. The van der Waals surface area contributed by atoms with E-state index < -0.39 is 23.6 Å². The average molecular weight is 247 g/mol. The van der Waals surface area contributed by atoms with E-state index in [1.807, 2.05) is 0 Å². The van der Waals surface area contributed by atoms with Crippen molar-refractivity contribution in [1.29, 1.82) is 0 Å². The summed E-state index contributed by atoms with van der Waals surface area (Å²) in [4.78, 5) is 0. The molecule has 0 bridgehead atoms. The Balaban J connectivity index is 3.09. The molecule has 0 saturated heterocycles. The fourth-order valence-electron chi connectivity index (χ4n) is 1.48. The van der Waals surface area contributed by atoms with Gasteiger partial charge in [0.25, 0.3) is 0 Å². The molecule has 2 N–H and O–H groups in total. The Morgan fingerprint density at radius 2 is 1.94 bits per heavy atom. The minimum Gasteiger partial charge on any atom is -0.324 e. The number of benzene rings is 1. The summed E-state index contributed by atoms with van der Waals surface area (Å²) in [5.41, 5.74) is 5.52. The Morgan fingerprint density at radius 1 is 1.35 bits per heavy atom. The van der Waals surface area contributed by atoms with Gasteiger partial charge in [0.1, 0.15) is 5.82 Å². The second-order valence-corrected chi connectivity index (χ2v) is 4.04. The van der Waals surface area contributed by atoms with Gasteiger partial charge in [0.15, 0.2) is 0 Å². The third-order valence-corrected chi connectivity index (χ3v) is 2.24. The van der Waals surface area contributed by atoms with E-state index in [0.29, 0.717) is 12.5 Å². The third-order valence-electron chi connectivity index (χ3n) is 2.24. The molecule has 0 saturated carbocycles. The lowest BCUT2D eigenvalue weighted by Crippen LogP contribution is -2.13. The second kappa shape index (κ2) is 4.87. The molecule has 0 aromatic heterocycles. The summed E-state index contributed by atoms with van der Waals surface area (Å²) in [6.07, 6.45) is -4.25. The molecule has 5 heteroatoms. The van der Waals surface area contributed by atoms with E-state index in [9.17, 15) is 17.6 Å². The molecular weight excluding hydrogens is 234 g/mol. The van der Waals surface area contributed by atoms with Gasteiger partial charge in [0.2, 0.25) is 0 Å². The molecule has 1 aromatic carbocycles. The molecule has 0 aliphatic heterocycles. The van der Waals surface area contributed by atoms with Crippen LogP contribution in [0.25, 0.3) is 0 Å². The van der Waals surface area contributed by atoms with Gasteiger partial charge < -0.3 is 5.73 Å². The second-order valence-electron chi connectivity index (χ2n) is 4.04. The molecular formula is C12H13F4N. The first kappa shape index (κ1) is 13.7. The van der Waals surface area contributed by atoms with Gasteiger partial charge >= 0.3 is 6.18 Å². The Kier molecular flexibility index (Phi) is 3.93. The predicted octanol–water partition coefficient (Wildman–Crippen LogP) is 3.81. The van der Waals surface area contributed by atoms with Crippen LogP contribution in [-0.4, -0.2) is 0 Å². The van der Waals surface area contributed by atoms with E-state index >= 15 is 0 Å². The van der Waals surface area contributed by atoms with Crippen LogP contribution in [0.4, 0.5) is 17.6 Å². The Hall–Kier alpha value is -1.36. The normalized spacial score (nSPS) is 13.5. The highest BCUT2D eigenvalue weighted by Crippen LogP contribution is 2.32. The minimum atomic E-state index is -4.57. The summed E-state index contributed by atoms with van der Waals surface area (Å²) in [6, 6.07) is 1.67. The van der Waals surface area contributed by atoms with E-state index in [4.69, 9.17) is 5.73 Å². The monoisotopic (exact) mass is 247 g/mol. The first-order valence-corrected chi connectivity index (χ1v) is 4.98. The number of halogens is 4. The standard InChI is InChI=1S/C12H13F4N/c1-7(2)3-11(17)8-4-9(12(14,15)16)6-10(13)5-8/h4-6,11H,1,3,17H2,2H3/t11-/m0/s1. The van der Waals surface area contributed by atoms with Crippen molar-refractivity contribution in [2.24, 2.45) is 5.73 Å². The zero-order chi connectivity index (χ0) is 13.2. The summed E-state index contributed by atoms with van der Waals surface area (Å²) in [5, 5.41) is 0. The van der Waals surface area contributed by atoms with Crippen LogP contribution in [0.3, 0.4) is 0 Å². The zero-order valence-electron chi connectivity index (χ0n) is 9.31. The van der Waals surface area contributed by atoms with Crippen molar-refractivity contribution in [3.63, 3.8) is 0 Å². The molecule has 1 atom stereocenters. The topological polar surface area (TPSA) is 26.0 Å². The highest BCUT2D eigenvalue weighted by atomic mass is 19.4. The fraction of sp³-hybridized carbons (Fsp3) is 0.333. The predicted molar refractivity (Wildman–Crippen MR) is 57.8 cm³/mol. The van der Waals surface area contributed by atoms with E-state index in [2.05, 4.69) is 6.58 Å². The average Bonchev–Trinajstić information content (AvgIpc) is 2.14. The molecule has 1 rings (SSSR count). The summed E-state index contributed by atoms with van der Waals surface area (Å²) < 4.78 is 50.4. The Bertz CT molecular complexity index is 423. The molecule has 1 aromatic rings. The van der Waals surface area contributed by atoms with Crippen molar-refractivity contribution in [1.82, 2.24) is 0 Å². The Labute approximate surface area is 96.9 Å².